The Kier molecular flexibility index (Phi) is 13.0. The van der Waals surface area contributed by atoms with Gasteiger partial charge in [0.2, 0.25) is 11.8 Å². The lowest BCUT2D eigenvalue weighted by Crippen LogP contribution is -2.53. The van der Waals surface area contributed by atoms with Gasteiger partial charge in [-0.25, -0.2) is 8.42 Å². The minimum atomic E-state index is -4.34. The van der Waals surface area contributed by atoms with Crippen LogP contribution in [0.15, 0.2) is 102 Å². The second-order valence-corrected chi connectivity index (χ2v) is 13.8. The summed E-state index contributed by atoms with van der Waals surface area (Å²) in [5, 5.41) is 3.98. The molecule has 1 N–H and O–H groups in total. The van der Waals surface area contributed by atoms with Gasteiger partial charge in [0.1, 0.15) is 18.3 Å². The van der Waals surface area contributed by atoms with Gasteiger partial charge in [-0.2, -0.15) is 0 Å². The van der Waals surface area contributed by atoms with Crippen molar-refractivity contribution in [3.63, 3.8) is 0 Å². The minimum Gasteiger partial charge on any atom is -0.492 e. The number of rotatable bonds is 15. The molecule has 0 aliphatic heterocycles. The van der Waals surface area contributed by atoms with E-state index in [4.69, 9.17) is 39.5 Å². The predicted molar refractivity (Wildman–Crippen MR) is 188 cm³/mol. The van der Waals surface area contributed by atoms with E-state index in [0.29, 0.717) is 33.6 Å². The molecule has 1 atom stereocenters. The molecule has 0 fully saturated rings. The molecule has 4 aromatic carbocycles. The smallest absolute Gasteiger partial charge is 0.264 e. The van der Waals surface area contributed by atoms with E-state index < -0.39 is 28.5 Å². The van der Waals surface area contributed by atoms with E-state index in [1.54, 1.807) is 49.4 Å². The summed E-state index contributed by atoms with van der Waals surface area (Å²) in [4.78, 5) is 29.7. The molecule has 2 amide bonds. The van der Waals surface area contributed by atoms with Gasteiger partial charge in [-0.3, -0.25) is 13.9 Å². The number of carbonyl (C=O) groups is 2. The van der Waals surface area contributed by atoms with Crippen LogP contribution in [0.2, 0.25) is 15.1 Å². The van der Waals surface area contributed by atoms with E-state index in [1.165, 1.54) is 29.2 Å². The molecule has 0 spiro atoms. The van der Waals surface area contributed by atoms with E-state index >= 15 is 0 Å². The second-order valence-electron chi connectivity index (χ2n) is 10.6. The van der Waals surface area contributed by atoms with E-state index in [1.807, 2.05) is 37.3 Å². The molecule has 8 nitrogen and oxygen atoms in total. The quantitative estimate of drug-likeness (QED) is 0.138. The van der Waals surface area contributed by atoms with Gasteiger partial charge in [-0.15, -0.1) is 0 Å². The zero-order valence-electron chi connectivity index (χ0n) is 26.0. The first kappa shape index (κ1) is 36.1. The van der Waals surface area contributed by atoms with Crippen molar-refractivity contribution in [1.82, 2.24) is 10.2 Å². The Morgan fingerprint density at radius 2 is 1.51 bits per heavy atom. The Balaban J connectivity index is 1.85. The number of nitrogens with zero attached hydrogens (tertiary/aromatic N) is 2. The van der Waals surface area contributed by atoms with Crippen LogP contribution in [0, 0.1) is 0 Å². The van der Waals surface area contributed by atoms with E-state index in [0.717, 1.165) is 9.87 Å². The zero-order valence-corrected chi connectivity index (χ0v) is 29.1. The third kappa shape index (κ3) is 9.41. The summed E-state index contributed by atoms with van der Waals surface area (Å²) in [6.07, 6.45) is 0.856. The second kappa shape index (κ2) is 16.9. The number of para-hydroxylation sites is 2. The van der Waals surface area contributed by atoms with Crippen LogP contribution in [0.5, 0.6) is 5.75 Å². The van der Waals surface area contributed by atoms with Gasteiger partial charge >= 0.3 is 0 Å². The number of anilines is 1. The van der Waals surface area contributed by atoms with Gasteiger partial charge in [-0.05, 0) is 73.0 Å². The molecule has 0 radical (unpaired) electrons. The summed E-state index contributed by atoms with van der Waals surface area (Å²) in [6, 6.07) is 25.4. The molecule has 0 heterocycles. The van der Waals surface area contributed by atoms with Crippen molar-refractivity contribution in [3.8, 4) is 5.75 Å². The molecule has 12 heteroatoms. The van der Waals surface area contributed by atoms with Crippen LogP contribution in [-0.4, -0.2) is 50.9 Å². The van der Waals surface area contributed by atoms with E-state index in [-0.39, 0.29) is 41.8 Å². The van der Waals surface area contributed by atoms with Crippen LogP contribution >= 0.6 is 34.8 Å². The van der Waals surface area contributed by atoms with Gasteiger partial charge in [0.25, 0.3) is 10.0 Å². The van der Waals surface area contributed by atoms with Crippen molar-refractivity contribution in [2.24, 2.45) is 0 Å². The lowest BCUT2D eigenvalue weighted by atomic mass is 10.0. The van der Waals surface area contributed by atoms with Crippen molar-refractivity contribution in [2.75, 3.05) is 24.0 Å². The molecule has 4 aromatic rings. The van der Waals surface area contributed by atoms with Crippen molar-refractivity contribution < 1.29 is 22.7 Å². The van der Waals surface area contributed by atoms with Crippen LogP contribution in [0.1, 0.15) is 31.4 Å². The van der Waals surface area contributed by atoms with Crippen molar-refractivity contribution in [3.05, 3.63) is 123 Å². The predicted octanol–water partition coefficient (Wildman–Crippen LogP) is 7.41. The number of amides is 2. The summed E-state index contributed by atoms with van der Waals surface area (Å²) in [5.74, 6) is -0.738. The van der Waals surface area contributed by atoms with Crippen molar-refractivity contribution in [1.29, 1.82) is 0 Å². The monoisotopic (exact) mass is 715 g/mol. The summed E-state index contributed by atoms with van der Waals surface area (Å²) in [5.41, 5.74) is 1.52. The topological polar surface area (TPSA) is 96.0 Å². The summed E-state index contributed by atoms with van der Waals surface area (Å²) < 4.78 is 35.4. The van der Waals surface area contributed by atoms with Gasteiger partial charge in [0.15, 0.2) is 0 Å². The molecule has 0 aromatic heterocycles. The molecule has 0 aliphatic carbocycles. The maximum absolute atomic E-state index is 14.6. The average Bonchev–Trinajstić information content (AvgIpc) is 3.06. The number of nitrogens with one attached hydrogen (secondary N) is 1. The number of hydrogen-bond donors (Lipinski definition) is 1. The Bertz CT molecular complexity index is 1770. The molecule has 0 unspecified atom stereocenters. The summed E-state index contributed by atoms with van der Waals surface area (Å²) in [6.45, 7) is 3.63. The molecule has 0 saturated heterocycles. The van der Waals surface area contributed by atoms with Gasteiger partial charge in [0.05, 0.1) is 17.2 Å². The number of hydrogen-bond acceptors (Lipinski definition) is 5. The highest BCUT2D eigenvalue weighted by Gasteiger charge is 2.35. The van der Waals surface area contributed by atoms with Gasteiger partial charge < -0.3 is 15.0 Å². The summed E-state index contributed by atoms with van der Waals surface area (Å²) >= 11 is 18.8. The normalized spacial score (nSPS) is 11.9. The lowest BCUT2D eigenvalue weighted by molar-refractivity contribution is -0.140. The van der Waals surface area contributed by atoms with Crippen molar-refractivity contribution >= 4 is 62.3 Å². The molecule has 0 bridgehead atoms. The molecule has 47 heavy (non-hydrogen) atoms. The maximum atomic E-state index is 14.6. The minimum absolute atomic E-state index is 0.0742. The van der Waals surface area contributed by atoms with Gasteiger partial charge in [-0.1, -0.05) is 90.3 Å². The third-order valence-electron chi connectivity index (χ3n) is 7.29. The number of carbonyl (C=O) groups excluding carboxylic acids is 2. The fourth-order valence-corrected chi connectivity index (χ4v) is 6.96. The van der Waals surface area contributed by atoms with Crippen LogP contribution < -0.4 is 14.4 Å². The number of sulfonamides is 1. The molecule has 4 rings (SSSR count). The fraction of sp³-hybridized carbons (Fsp3) is 0.257. The Hall–Kier alpha value is -3.76. The highest BCUT2D eigenvalue weighted by Crippen LogP contribution is 2.33. The van der Waals surface area contributed by atoms with Crippen LogP contribution in [0.3, 0.4) is 0 Å². The number of halogens is 3. The number of ether oxygens (including phenoxy) is 1. The Morgan fingerprint density at radius 3 is 2.17 bits per heavy atom. The zero-order chi connectivity index (χ0) is 34.0. The largest absolute Gasteiger partial charge is 0.492 e. The number of benzene rings is 4. The van der Waals surface area contributed by atoms with Crippen molar-refractivity contribution in [2.45, 2.75) is 44.2 Å². The molecular weight excluding hydrogens is 681 g/mol. The molecule has 0 aliphatic rings. The third-order valence-corrected chi connectivity index (χ3v) is 9.90. The first-order valence-electron chi connectivity index (χ1n) is 15.1. The summed E-state index contributed by atoms with van der Waals surface area (Å²) in [7, 11) is -4.34. The average molecular weight is 717 g/mol. The van der Waals surface area contributed by atoms with Crippen LogP contribution in [0.4, 0.5) is 5.69 Å². The van der Waals surface area contributed by atoms with Crippen LogP contribution in [0.25, 0.3) is 0 Å². The SMILES string of the molecule is CCCNC(=O)[C@@H](Cc1ccccc1)N(Cc1ccc(Cl)cc1Cl)C(=O)CN(c1ccccc1OCC)S(=O)(=O)c1ccc(Cl)cc1. The first-order chi connectivity index (χ1) is 22.5. The first-order valence-corrected chi connectivity index (χ1v) is 17.7. The maximum Gasteiger partial charge on any atom is 0.264 e. The fourth-order valence-electron chi connectivity index (χ4n) is 4.94. The van der Waals surface area contributed by atoms with Crippen LogP contribution in [-0.2, 0) is 32.6 Å². The van der Waals surface area contributed by atoms with E-state index in [2.05, 4.69) is 5.32 Å². The highest BCUT2D eigenvalue weighted by molar-refractivity contribution is 7.92. The standard InChI is InChI=1S/C35H36Cl3N3O5S/c1-3-20-39-35(43)32(21-25-10-6-5-7-11-25)40(23-26-14-15-28(37)22-30(26)38)34(42)24-41(31-12-8-9-13-33(31)46-4-2)47(44,45)29-18-16-27(36)17-19-29/h5-19,22,32H,3-4,20-21,23-24H2,1-2H3,(H,39,43)/t32-/m1/s1. The Morgan fingerprint density at radius 1 is 0.851 bits per heavy atom. The molecule has 0 saturated carbocycles. The molecule has 248 valence electrons. The lowest BCUT2D eigenvalue weighted by Gasteiger charge is -2.34. The van der Waals surface area contributed by atoms with E-state index in [9.17, 15) is 18.0 Å². The van der Waals surface area contributed by atoms with Gasteiger partial charge in [0, 0.05) is 34.6 Å². The molecular formula is C35H36Cl3N3O5S. The highest BCUT2D eigenvalue weighted by atomic mass is 35.5. The Labute approximate surface area is 291 Å².